The first-order chi connectivity index (χ1) is 14.0. The second kappa shape index (κ2) is 9.53. The van der Waals surface area contributed by atoms with Crippen LogP contribution in [0.4, 0.5) is 5.82 Å². The van der Waals surface area contributed by atoms with Crippen molar-refractivity contribution < 1.29 is 19.1 Å². The van der Waals surface area contributed by atoms with E-state index in [1.807, 2.05) is 6.07 Å². The minimum atomic E-state index is -0.235. The molecule has 0 spiro atoms. The summed E-state index contributed by atoms with van der Waals surface area (Å²) in [6, 6.07) is 10.6. The average Bonchev–Trinajstić information content (AvgIpc) is 2.99. The highest BCUT2D eigenvalue weighted by Crippen LogP contribution is 2.34. The number of nitrogens with zero attached hydrogens (tertiary/aromatic N) is 2. The van der Waals surface area contributed by atoms with Gasteiger partial charge in [-0.25, -0.2) is 4.98 Å². The van der Waals surface area contributed by atoms with Crippen LogP contribution >= 0.6 is 24.0 Å². The predicted molar refractivity (Wildman–Crippen MR) is 117 cm³/mol. The van der Waals surface area contributed by atoms with Gasteiger partial charge in [-0.05, 0) is 35.9 Å². The van der Waals surface area contributed by atoms with Gasteiger partial charge in [0.05, 0.1) is 19.1 Å². The Hall–Kier alpha value is -2.91. The number of nitrogens with one attached hydrogen (secondary N) is 1. The third kappa shape index (κ3) is 5.12. The number of amides is 2. The van der Waals surface area contributed by atoms with E-state index in [1.165, 1.54) is 16.7 Å². The summed E-state index contributed by atoms with van der Waals surface area (Å²) >= 11 is 6.53. The molecule has 1 N–H and O–H groups in total. The van der Waals surface area contributed by atoms with Crippen LogP contribution in [-0.4, -0.2) is 46.8 Å². The number of carbonyl (C=O) groups is 2. The standard InChI is InChI=1S/C20H19N3O4S2/c1-26-14-7-6-13(11-15(14)27-2)12-16-19(25)23(20(28)29-16)10-8-18(24)22-17-5-3-4-9-21-17/h3-7,9,11-12H,8,10H2,1-2H3,(H,21,22,24)/b16-12+. The van der Waals surface area contributed by atoms with Gasteiger partial charge in [-0.2, -0.15) is 0 Å². The Kier molecular flexibility index (Phi) is 6.84. The van der Waals surface area contributed by atoms with E-state index in [2.05, 4.69) is 10.3 Å². The first-order valence-electron chi connectivity index (χ1n) is 8.70. The van der Waals surface area contributed by atoms with Gasteiger partial charge in [-0.1, -0.05) is 36.1 Å². The molecule has 0 aliphatic carbocycles. The summed E-state index contributed by atoms with van der Waals surface area (Å²) in [7, 11) is 3.11. The van der Waals surface area contributed by atoms with Crippen LogP contribution in [0.25, 0.3) is 6.08 Å². The molecule has 3 rings (SSSR count). The third-order valence-electron chi connectivity index (χ3n) is 4.07. The van der Waals surface area contributed by atoms with E-state index in [0.29, 0.717) is 26.5 Å². The Morgan fingerprint density at radius 3 is 2.72 bits per heavy atom. The van der Waals surface area contributed by atoms with E-state index >= 15 is 0 Å². The topological polar surface area (TPSA) is 80.8 Å². The molecule has 0 bridgehead atoms. The number of benzene rings is 1. The van der Waals surface area contributed by atoms with Crippen LogP contribution in [0.15, 0.2) is 47.5 Å². The largest absolute Gasteiger partial charge is 0.493 e. The van der Waals surface area contributed by atoms with Crippen LogP contribution in [0.5, 0.6) is 11.5 Å². The lowest BCUT2D eigenvalue weighted by molar-refractivity contribution is -0.122. The molecular weight excluding hydrogens is 410 g/mol. The Balaban J connectivity index is 1.65. The van der Waals surface area contributed by atoms with Crippen LogP contribution in [0.2, 0.25) is 0 Å². The van der Waals surface area contributed by atoms with Gasteiger partial charge in [0.15, 0.2) is 11.5 Å². The van der Waals surface area contributed by atoms with Crippen molar-refractivity contribution in [3.63, 3.8) is 0 Å². The van der Waals surface area contributed by atoms with Gasteiger partial charge in [0.1, 0.15) is 10.1 Å². The lowest BCUT2D eigenvalue weighted by Crippen LogP contribution is -2.31. The van der Waals surface area contributed by atoms with Gasteiger partial charge in [0, 0.05) is 19.2 Å². The molecular formula is C20H19N3O4S2. The van der Waals surface area contributed by atoms with E-state index in [0.717, 1.165) is 5.56 Å². The summed E-state index contributed by atoms with van der Waals surface area (Å²) in [5, 5.41) is 2.69. The first kappa shape index (κ1) is 20.8. The molecule has 0 unspecified atom stereocenters. The molecule has 1 aliphatic rings. The van der Waals surface area contributed by atoms with E-state index in [-0.39, 0.29) is 24.8 Å². The van der Waals surface area contributed by atoms with Gasteiger partial charge in [-0.3, -0.25) is 14.5 Å². The van der Waals surface area contributed by atoms with Gasteiger partial charge in [0.2, 0.25) is 5.91 Å². The molecule has 2 aromatic rings. The molecule has 0 saturated carbocycles. The first-order valence-corrected chi connectivity index (χ1v) is 9.92. The molecule has 0 atom stereocenters. The SMILES string of the molecule is COc1ccc(/C=C2/SC(=S)N(CCC(=O)Nc3ccccn3)C2=O)cc1OC. The number of pyridine rings is 1. The summed E-state index contributed by atoms with van der Waals surface area (Å²) in [5.74, 6) is 1.19. The molecule has 1 aromatic carbocycles. The van der Waals surface area contributed by atoms with E-state index in [9.17, 15) is 9.59 Å². The van der Waals surface area contributed by atoms with Gasteiger partial charge in [0.25, 0.3) is 5.91 Å². The van der Waals surface area contributed by atoms with Crippen LogP contribution in [0.1, 0.15) is 12.0 Å². The lowest BCUT2D eigenvalue weighted by Gasteiger charge is -2.14. The zero-order valence-corrected chi connectivity index (χ0v) is 17.5. The highest BCUT2D eigenvalue weighted by Gasteiger charge is 2.32. The van der Waals surface area contributed by atoms with Crippen molar-refractivity contribution in [3.8, 4) is 11.5 Å². The number of methoxy groups -OCH3 is 2. The minimum Gasteiger partial charge on any atom is -0.493 e. The summed E-state index contributed by atoms with van der Waals surface area (Å²) in [6.07, 6.45) is 3.46. The Labute approximate surface area is 178 Å². The van der Waals surface area contributed by atoms with Crippen molar-refractivity contribution in [2.45, 2.75) is 6.42 Å². The second-order valence-corrected chi connectivity index (χ2v) is 7.64. The number of hydrogen-bond donors (Lipinski definition) is 1. The molecule has 7 nitrogen and oxygen atoms in total. The highest BCUT2D eigenvalue weighted by molar-refractivity contribution is 8.26. The summed E-state index contributed by atoms with van der Waals surface area (Å²) in [5.41, 5.74) is 0.788. The molecule has 1 aliphatic heterocycles. The number of hydrogen-bond acceptors (Lipinski definition) is 7. The number of thioether (sulfide) groups is 1. The normalized spacial score (nSPS) is 15.0. The minimum absolute atomic E-state index is 0.118. The number of ether oxygens (including phenoxy) is 2. The fourth-order valence-corrected chi connectivity index (χ4v) is 3.95. The van der Waals surface area contributed by atoms with Gasteiger partial charge < -0.3 is 14.8 Å². The Bertz CT molecular complexity index is 963. The smallest absolute Gasteiger partial charge is 0.266 e. The van der Waals surface area contributed by atoms with Crippen LogP contribution < -0.4 is 14.8 Å². The third-order valence-corrected chi connectivity index (χ3v) is 5.45. The van der Waals surface area contributed by atoms with E-state index < -0.39 is 0 Å². The van der Waals surface area contributed by atoms with Crippen LogP contribution in [0, 0.1) is 0 Å². The molecule has 1 aromatic heterocycles. The molecule has 1 fully saturated rings. The number of anilines is 1. The quantitative estimate of drug-likeness (QED) is 0.534. The lowest BCUT2D eigenvalue weighted by atomic mass is 10.2. The fraction of sp³-hybridized carbons (Fsp3) is 0.200. The summed E-state index contributed by atoms with van der Waals surface area (Å²) in [6.45, 7) is 0.201. The van der Waals surface area contributed by atoms with E-state index in [1.54, 1.807) is 56.8 Å². The monoisotopic (exact) mass is 429 g/mol. The highest BCUT2D eigenvalue weighted by atomic mass is 32.2. The van der Waals surface area contributed by atoms with Crippen LogP contribution in [0.3, 0.4) is 0 Å². The summed E-state index contributed by atoms with van der Waals surface area (Å²) < 4.78 is 10.9. The number of thiocarbonyl (C=S) groups is 1. The number of carbonyl (C=O) groups excluding carboxylic acids is 2. The molecule has 2 amide bonds. The predicted octanol–water partition coefficient (Wildman–Crippen LogP) is 3.33. The summed E-state index contributed by atoms with van der Waals surface area (Å²) in [4.78, 5) is 30.8. The van der Waals surface area contributed by atoms with Crippen molar-refractivity contribution >= 4 is 52.0 Å². The Morgan fingerprint density at radius 1 is 1.24 bits per heavy atom. The molecule has 0 radical (unpaired) electrons. The van der Waals surface area contributed by atoms with Gasteiger partial charge >= 0.3 is 0 Å². The van der Waals surface area contributed by atoms with Crippen molar-refractivity contribution in [3.05, 3.63) is 53.1 Å². The van der Waals surface area contributed by atoms with E-state index in [4.69, 9.17) is 21.7 Å². The zero-order chi connectivity index (χ0) is 20.8. The maximum Gasteiger partial charge on any atom is 0.266 e. The average molecular weight is 430 g/mol. The number of aromatic nitrogens is 1. The molecule has 1 saturated heterocycles. The zero-order valence-electron chi connectivity index (χ0n) is 15.9. The van der Waals surface area contributed by atoms with Crippen molar-refractivity contribution in [2.24, 2.45) is 0 Å². The Morgan fingerprint density at radius 2 is 2.03 bits per heavy atom. The van der Waals surface area contributed by atoms with Gasteiger partial charge in [-0.15, -0.1) is 0 Å². The molecule has 9 heteroatoms. The second-order valence-electron chi connectivity index (χ2n) is 5.96. The molecule has 2 heterocycles. The maximum atomic E-state index is 12.7. The van der Waals surface area contributed by atoms with Crippen molar-refractivity contribution in [1.29, 1.82) is 0 Å². The van der Waals surface area contributed by atoms with Crippen molar-refractivity contribution in [1.82, 2.24) is 9.88 Å². The van der Waals surface area contributed by atoms with Crippen molar-refractivity contribution in [2.75, 3.05) is 26.1 Å². The molecule has 150 valence electrons. The number of rotatable bonds is 7. The van der Waals surface area contributed by atoms with Crippen LogP contribution in [-0.2, 0) is 9.59 Å². The maximum absolute atomic E-state index is 12.7. The molecule has 29 heavy (non-hydrogen) atoms. The fourth-order valence-electron chi connectivity index (χ4n) is 2.64.